The van der Waals surface area contributed by atoms with Crippen LogP contribution in [0.3, 0.4) is 0 Å². The smallest absolute Gasteiger partial charge is 0.356 e. The lowest BCUT2D eigenvalue weighted by Gasteiger charge is -2.25. The molecule has 2 N–H and O–H groups in total. The van der Waals surface area contributed by atoms with Crippen LogP contribution in [-0.2, 0) is 0 Å². The molecule has 0 bridgehead atoms. The van der Waals surface area contributed by atoms with Gasteiger partial charge in [0.25, 0.3) is 0 Å². The van der Waals surface area contributed by atoms with Gasteiger partial charge in [-0.25, -0.2) is 9.78 Å². The first kappa shape index (κ1) is 10.3. The van der Waals surface area contributed by atoms with Crippen LogP contribution >= 0.6 is 0 Å². The molecule has 2 aromatic rings. The minimum Gasteiger partial charge on any atom is -0.476 e. The van der Waals surface area contributed by atoms with Crippen LogP contribution in [0.5, 0.6) is 0 Å². The molecular formula is C12H13N3O2. The molecule has 0 saturated carbocycles. The quantitative estimate of drug-likeness (QED) is 0.810. The van der Waals surface area contributed by atoms with Crippen LogP contribution in [0.25, 0.3) is 5.52 Å². The minimum atomic E-state index is -0.966. The molecule has 2 aromatic heterocycles. The lowest BCUT2D eigenvalue weighted by atomic mass is 10.0. The third-order valence-electron chi connectivity index (χ3n) is 3.18. The monoisotopic (exact) mass is 231 g/mol. The number of aromatic carboxylic acids is 1. The standard InChI is InChI=1S/C12H13N3O2/c1-7-2-3-15-9(4-7)10(12(16)17)14-11(15)8-5-13-6-8/h2-4,8,13H,5-6H2,1H3,(H,16,17). The Morgan fingerprint density at radius 1 is 1.59 bits per heavy atom. The zero-order valence-electron chi connectivity index (χ0n) is 9.47. The van der Waals surface area contributed by atoms with Crippen LogP contribution < -0.4 is 5.32 Å². The second-order valence-electron chi connectivity index (χ2n) is 4.44. The van der Waals surface area contributed by atoms with Crippen molar-refractivity contribution in [2.24, 2.45) is 0 Å². The van der Waals surface area contributed by atoms with Crippen molar-refractivity contribution in [3.8, 4) is 0 Å². The Kier molecular flexibility index (Phi) is 2.16. The molecule has 5 heteroatoms. The molecule has 3 rings (SSSR count). The van der Waals surface area contributed by atoms with Crippen molar-refractivity contribution in [3.05, 3.63) is 35.4 Å². The number of aromatic nitrogens is 2. The normalized spacial score (nSPS) is 16.1. The summed E-state index contributed by atoms with van der Waals surface area (Å²) < 4.78 is 1.89. The van der Waals surface area contributed by atoms with Crippen LogP contribution in [0.2, 0.25) is 0 Å². The third-order valence-corrected chi connectivity index (χ3v) is 3.18. The summed E-state index contributed by atoms with van der Waals surface area (Å²) in [6.07, 6.45) is 1.90. The number of carboxylic acids is 1. The second kappa shape index (κ2) is 3.56. The summed E-state index contributed by atoms with van der Waals surface area (Å²) in [6, 6.07) is 3.84. The van der Waals surface area contributed by atoms with E-state index in [-0.39, 0.29) is 5.69 Å². The number of hydrogen-bond donors (Lipinski definition) is 2. The molecular weight excluding hydrogens is 218 g/mol. The molecule has 1 saturated heterocycles. The van der Waals surface area contributed by atoms with Crippen molar-refractivity contribution < 1.29 is 9.90 Å². The van der Waals surface area contributed by atoms with E-state index in [0.29, 0.717) is 11.4 Å². The number of hydrogen-bond acceptors (Lipinski definition) is 3. The Morgan fingerprint density at radius 2 is 2.35 bits per heavy atom. The predicted octanol–water partition coefficient (Wildman–Crippen LogP) is 1.03. The Balaban J connectivity index is 2.26. The highest BCUT2D eigenvalue weighted by Crippen LogP contribution is 2.23. The van der Waals surface area contributed by atoms with E-state index in [1.807, 2.05) is 29.7 Å². The van der Waals surface area contributed by atoms with Gasteiger partial charge in [-0.1, -0.05) is 0 Å². The van der Waals surface area contributed by atoms with Gasteiger partial charge in [-0.05, 0) is 24.6 Å². The van der Waals surface area contributed by atoms with Crippen LogP contribution in [0, 0.1) is 6.92 Å². The van der Waals surface area contributed by atoms with Crippen LogP contribution in [0.1, 0.15) is 27.8 Å². The highest BCUT2D eigenvalue weighted by Gasteiger charge is 2.26. The number of fused-ring (bicyclic) bond motifs is 1. The minimum absolute atomic E-state index is 0.149. The molecule has 0 spiro atoms. The number of nitrogens with zero attached hydrogens (tertiary/aromatic N) is 2. The Hall–Kier alpha value is -1.88. The molecule has 0 aliphatic carbocycles. The average molecular weight is 231 g/mol. The average Bonchev–Trinajstić information content (AvgIpc) is 2.54. The number of pyridine rings is 1. The van der Waals surface area contributed by atoms with E-state index in [0.717, 1.165) is 24.5 Å². The maximum atomic E-state index is 11.2. The van der Waals surface area contributed by atoms with E-state index in [4.69, 9.17) is 5.11 Å². The highest BCUT2D eigenvalue weighted by atomic mass is 16.4. The van der Waals surface area contributed by atoms with E-state index in [1.54, 1.807) is 0 Å². The first-order valence-electron chi connectivity index (χ1n) is 5.59. The predicted molar refractivity (Wildman–Crippen MR) is 62.5 cm³/mol. The fraction of sp³-hybridized carbons (Fsp3) is 0.333. The topological polar surface area (TPSA) is 66.6 Å². The molecule has 0 amide bonds. The summed E-state index contributed by atoms with van der Waals surface area (Å²) in [7, 11) is 0. The van der Waals surface area contributed by atoms with Gasteiger partial charge >= 0.3 is 5.97 Å². The molecule has 0 radical (unpaired) electrons. The van der Waals surface area contributed by atoms with E-state index in [1.165, 1.54) is 0 Å². The Morgan fingerprint density at radius 3 is 2.94 bits per heavy atom. The number of carboxylic acid groups (broad SMARTS) is 1. The maximum Gasteiger partial charge on any atom is 0.356 e. The fourth-order valence-electron chi connectivity index (χ4n) is 2.13. The van der Waals surface area contributed by atoms with Gasteiger partial charge in [-0.15, -0.1) is 0 Å². The molecule has 1 aliphatic rings. The molecule has 1 fully saturated rings. The van der Waals surface area contributed by atoms with Crippen molar-refractivity contribution >= 4 is 11.5 Å². The van der Waals surface area contributed by atoms with E-state index in [9.17, 15) is 4.79 Å². The first-order chi connectivity index (χ1) is 8.16. The van der Waals surface area contributed by atoms with Gasteiger partial charge in [-0.3, -0.25) is 0 Å². The van der Waals surface area contributed by atoms with E-state index < -0.39 is 5.97 Å². The van der Waals surface area contributed by atoms with Crippen LogP contribution in [-0.4, -0.2) is 33.6 Å². The number of nitrogens with one attached hydrogen (secondary N) is 1. The maximum absolute atomic E-state index is 11.2. The molecule has 0 aromatic carbocycles. The van der Waals surface area contributed by atoms with Gasteiger partial charge in [-0.2, -0.15) is 0 Å². The van der Waals surface area contributed by atoms with Gasteiger partial charge in [0.15, 0.2) is 5.69 Å². The van der Waals surface area contributed by atoms with Gasteiger partial charge in [0.1, 0.15) is 5.82 Å². The van der Waals surface area contributed by atoms with Crippen molar-refractivity contribution in [3.63, 3.8) is 0 Å². The lowest BCUT2D eigenvalue weighted by Crippen LogP contribution is -2.40. The van der Waals surface area contributed by atoms with Gasteiger partial charge in [0.2, 0.25) is 0 Å². The van der Waals surface area contributed by atoms with Crippen LogP contribution in [0.15, 0.2) is 18.3 Å². The van der Waals surface area contributed by atoms with E-state index in [2.05, 4.69) is 10.3 Å². The zero-order chi connectivity index (χ0) is 12.0. The first-order valence-corrected chi connectivity index (χ1v) is 5.59. The van der Waals surface area contributed by atoms with Crippen molar-refractivity contribution in [1.29, 1.82) is 0 Å². The number of aryl methyl sites for hydroxylation is 1. The summed E-state index contributed by atoms with van der Waals surface area (Å²) in [4.78, 5) is 15.5. The third kappa shape index (κ3) is 1.51. The summed E-state index contributed by atoms with van der Waals surface area (Å²) in [5, 5.41) is 12.3. The van der Waals surface area contributed by atoms with Gasteiger partial charge < -0.3 is 14.8 Å². The summed E-state index contributed by atoms with van der Waals surface area (Å²) in [6.45, 7) is 3.68. The summed E-state index contributed by atoms with van der Waals surface area (Å²) in [5.74, 6) is 0.195. The molecule has 0 atom stereocenters. The molecule has 88 valence electrons. The summed E-state index contributed by atoms with van der Waals surface area (Å²) in [5.41, 5.74) is 1.87. The van der Waals surface area contributed by atoms with Crippen molar-refractivity contribution in [1.82, 2.24) is 14.7 Å². The molecule has 1 aliphatic heterocycles. The number of imidazole rings is 1. The Labute approximate surface area is 98.1 Å². The largest absolute Gasteiger partial charge is 0.476 e. The SMILES string of the molecule is Cc1ccn2c(C3CNC3)nc(C(=O)O)c2c1. The Bertz CT molecular complexity index is 599. The molecule has 5 nitrogen and oxygen atoms in total. The fourth-order valence-corrected chi connectivity index (χ4v) is 2.13. The number of rotatable bonds is 2. The van der Waals surface area contributed by atoms with E-state index >= 15 is 0 Å². The number of carbonyl (C=O) groups is 1. The van der Waals surface area contributed by atoms with Crippen LogP contribution in [0.4, 0.5) is 0 Å². The van der Waals surface area contributed by atoms with Gasteiger partial charge in [0, 0.05) is 25.2 Å². The molecule has 17 heavy (non-hydrogen) atoms. The zero-order valence-corrected chi connectivity index (χ0v) is 9.47. The summed E-state index contributed by atoms with van der Waals surface area (Å²) >= 11 is 0. The second-order valence-corrected chi connectivity index (χ2v) is 4.44. The van der Waals surface area contributed by atoms with Crippen molar-refractivity contribution in [2.45, 2.75) is 12.8 Å². The highest BCUT2D eigenvalue weighted by molar-refractivity contribution is 5.93. The molecule has 3 heterocycles. The van der Waals surface area contributed by atoms with Gasteiger partial charge in [0.05, 0.1) is 5.52 Å². The lowest BCUT2D eigenvalue weighted by molar-refractivity contribution is 0.0693. The van der Waals surface area contributed by atoms with Crippen molar-refractivity contribution in [2.75, 3.05) is 13.1 Å². The molecule has 0 unspecified atom stereocenters.